The number of halogens is 1. The van der Waals surface area contributed by atoms with E-state index in [1.165, 1.54) is 16.2 Å². The van der Waals surface area contributed by atoms with Gasteiger partial charge in [-0.15, -0.1) is 11.3 Å². The van der Waals surface area contributed by atoms with Crippen LogP contribution in [0.5, 0.6) is 5.75 Å². The minimum Gasteiger partial charge on any atom is -0.467 e. The SMILES string of the molecule is O=S(=O)(c1cccs1)N1CC[NH+](Cc2cc(Cl)cc3c2OCOC3)CC1. The molecule has 1 aromatic heterocycles. The number of thiophene rings is 1. The lowest BCUT2D eigenvalue weighted by Gasteiger charge is -2.32. The standard InChI is InChI=1S/C17H19ClN2O4S2/c18-15-8-13(17-14(9-15)11-23-12-24-17)10-19-3-5-20(6-4-19)26(21,22)16-2-1-7-25-16/h1-2,7-9H,3-6,10-12H2/p+1. The summed E-state index contributed by atoms with van der Waals surface area (Å²) in [4.78, 5) is 1.32. The Bertz CT molecular complexity index is 878. The maximum Gasteiger partial charge on any atom is 0.252 e. The monoisotopic (exact) mass is 415 g/mol. The Balaban J connectivity index is 1.44. The lowest BCUT2D eigenvalue weighted by molar-refractivity contribution is -0.917. The Morgan fingerprint density at radius 2 is 2.08 bits per heavy atom. The van der Waals surface area contributed by atoms with E-state index in [4.69, 9.17) is 21.1 Å². The Kier molecular flexibility index (Phi) is 5.22. The summed E-state index contributed by atoms with van der Waals surface area (Å²) in [5.41, 5.74) is 2.03. The number of nitrogens with zero attached hydrogens (tertiary/aromatic N) is 1. The van der Waals surface area contributed by atoms with Gasteiger partial charge in [0, 0.05) is 10.6 Å². The predicted octanol–water partition coefficient (Wildman–Crippen LogP) is 1.36. The lowest BCUT2D eigenvalue weighted by atomic mass is 10.1. The number of nitrogens with one attached hydrogen (secondary N) is 1. The molecular formula is C17H20ClN2O4S2+. The predicted molar refractivity (Wildman–Crippen MR) is 99.2 cm³/mol. The molecule has 0 unspecified atom stereocenters. The van der Waals surface area contributed by atoms with E-state index >= 15 is 0 Å². The molecular weight excluding hydrogens is 396 g/mol. The maximum absolute atomic E-state index is 12.6. The van der Waals surface area contributed by atoms with Crippen molar-refractivity contribution in [3.63, 3.8) is 0 Å². The molecule has 0 aliphatic carbocycles. The lowest BCUT2D eigenvalue weighted by Crippen LogP contribution is -3.13. The smallest absolute Gasteiger partial charge is 0.252 e. The summed E-state index contributed by atoms with van der Waals surface area (Å²) in [6.07, 6.45) is 0. The van der Waals surface area contributed by atoms with Crippen molar-refractivity contribution in [2.24, 2.45) is 0 Å². The van der Waals surface area contributed by atoms with Crippen LogP contribution in [0.25, 0.3) is 0 Å². The number of sulfonamides is 1. The normalized spacial score (nSPS) is 19.1. The van der Waals surface area contributed by atoms with E-state index in [-0.39, 0.29) is 6.79 Å². The van der Waals surface area contributed by atoms with Crippen LogP contribution in [0, 0.1) is 0 Å². The number of hydrogen-bond donors (Lipinski definition) is 1. The average Bonchev–Trinajstić information content (AvgIpc) is 3.18. The number of ether oxygens (including phenoxy) is 2. The number of benzene rings is 1. The molecule has 0 spiro atoms. The molecule has 1 saturated heterocycles. The summed E-state index contributed by atoms with van der Waals surface area (Å²) in [5.74, 6) is 0.863. The molecule has 6 nitrogen and oxygen atoms in total. The molecule has 1 fully saturated rings. The zero-order valence-electron chi connectivity index (χ0n) is 14.1. The Hall–Kier alpha value is -1.16. The first kappa shape index (κ1) is 18.2. The van der Waals surface area contributed by atoms with Crippen molar-refractivity contribution in [2.45, 2.75) is 17.4 Å². The van der Waals surface area contributed by atoms with Crippen LogP contribution >= 0.6 is 22.9 Å². The van der Waals surface area contributed by atoms with Crippen LogP contribution in [-0.2, 0) is 27.9 Å². The molecule has 140 valence electrons. The highest BCUT2D eigenvalue weighted by molar-refractivity contribution is 7.91. The van der Waals surface area contributed by atoms with Crippen molar-refractivity contribution in [3.05, 3.63) is 45.8 Å². The van der Waals surface area contributed by atoms with Gasteiger partial charge in [0.25, 0.3) is 10.0 Å². The third kappa shape index (κ3) is 3.62. The zero-order valence-corrected chi connectivity index (χ0v) is 16.5. The van der Waals surface area contributed by atoms with Crippen molar-refractivity contribution < 1.29 is 22.8 Å². The van der Waals surface area contributed by atoms with Crippen molar-refractivity contribution in [3.8, 4) is 5.75 Å². The van der Waals surface area contributed by atoms with Crippen LogP contribution in [0.1, 0.15) is 11.1 Å². The number of fused-ring (bicyclic) bond motifs is 1. The molecule has 0 bridgehead atoms. The molecule has 9 heteroatoms. The molecule has 0 saturated carbocycles. The highest BCUT2D eigenvalue weighted by Gasteiger charge is 2.31. The molecule has 4 rings (SSSR count). The minimum absolute atomic E-state index is 0.254. The van der Waals surface area contributed by atoms with Gasteiger partial charge in [-0.3, -0.25) is 0 Å². The topological polar surface area (TPSA) is 60.3 Å². The quantitative estimate of drug-likeness (QED) is 0.819. The van der Waals surface area contributed by atoms with E-state index in [9.17, 15) is 8.42 Å². The van der Waals surface area contributed by atoms with Crippen molar-refractivity contribution in [1.29, 1.82) is 0 Å². The van der Waals surface area contributed by atoms with Gasteiger partial charge >= 0.3 is 0 Å². The fraction of sp³-hybridized carbons (Fsp3) is 0.412. The van der Waals surface area contributed by atoms with Crippen LogP contribution in [0.4, 0.5) is 0 Å². The van der Waals surface area contributed by atoms with E-state index in [1.54, 1.807) is 21.8 Å². The van der Waals surface area contributed by atoms with Gasteiger partial charge in [0.15, 0.2) is 6.79 Å². The minimum atomic E-state index is -3.36. The summed E-state index contributed by atoms with van der Waals surface area (Å²) in [6.45, 7) is 4.06. The van der Waals surface area contributed by atoms with Gasteiger partial charge in [0.1, 0.15) is 16.5 Å². The zero-order chi connectivity index (χ0) is 18.1. The van der Waals surface area contributed by atoms with Gasteiger partial charge in [-0.1, -0.05) is 17.7 Å². The first-order valence-electron chi connectivity index (χ1n) is 8.43. The molecule has 1 N–H and O–H groups in total. The first-order valence-corrected chi connectivity index (χ1v) is 11.1. The Morgan fingerprint density at radius 3 is 2.81 bits per heavy atom. The Morgan fingerprint density at radius 1 is 1.27 bits per heavy atom. The molecule has 1 aromatic carbocycles. The molecule has 2 aliphatic rings. The maximum atomic E-state index is 12.6. The molecule has 26 heavy (non-hydrogen) atoms. The number of hydrogen-bond acceptors (Lipinski definition) is 5. The highest BCUT2D eigenvalue weighted by Crippen LogP contribution is 2.31. The van der Waals surface area contributed by atoms with Crippen LogP contribution in [-0.4, -0.2) is 45.7 Å². The second-order valence-corrected chi connectivity index (χ2v) is 9.98. The van der Waals surface area contributed by atoms with Gasteiger partial charge in [-0.2, -0.15) is 4.31 Å². The third-order valence-electron chi connectivity index (χ3n) is 4.71. The van der Waals surface area contributed by atoms with E-state index in [0.29, 0.717) is 28.9 Å². The van der Waals surface area contributed by atoms with E-state index in [0.717, 1.165) is 36.5 Å². The largest absolute Gasteiger partial charge is 0.467 e. The summed E-state index contributed by atoms with van der Waals surface area (Å²) >= 11 is 7.50. The van der Waals surface area contributed by atoms with E-state index in [1.807, 2.05) is 12.1 Å². The van der Waals surface area contributed by atoms with Gasteiger partial charge in [-0.25, -0.2) is 8.42 Å². The number of piperazine rings is 1. The summed E-state index contributed by atoms with van der Waals surface area (Å²) < 4.78 is 38.2. The molecule has 0 atom stereocenters. The molecule has 0 amide bonds. The van der Waals surface area contributed by atoms with Gasteiger partial charge in [-0.05, 0) is 23.6 Å². The average molecular weight is 416 g/mol. The van der Waals surface area contributed by atoms with Crippen molar-refractivity contribution in [1.82, 2.24) is 4.31 Å². The second-order valence-electron chi connectivity index (χ2n) is 6.43. The van der Waals surface area contributed by atoms with Gasteiger partial charge in [0.2, 0.25) is 0 Å². The summed E-state index contributed by atoms with van der Waals surface area (Å²) in [7, 11) is -3.36. The van der Waals surface area contributed by atoms with Crippen LogP contribution in [0.15, 0.2) is 33.9 Å². The number of quaternary nitrogens is 1. The molecule has 2 aromatic rings. The van der Waals surface area contributed by atoms with E-state index in [2.05, 4.69) is 0 Å². The summed E-state index contributed by atoms with van der Waals surface area (Å²) in [6, 6.07) is 7.25. The number of rotatable bonds is 4. The van der Waals surface area contributed by atoms with Crippen LogP contribution < -0.4 is 9.64 Å². The Labute approximate surface area is 161 Å². The van der Waals surface area contributed by atoms with Gasteiger partial charge < -0.3 is 14.4 Å². The highest BCUT2D eigenvalue weighted by atomic mass is 35.5. The van der Waals surface area contributed by atoms with Crippen molar-refractivity contribution in [2.75, 3.05) is 33.0 Å². The van der Waals surface area contributed by atoms with Crippen molar-refractivity contribution >= 4 is 33.0 Å². The summed E-state index contributed by atoms with van der Waals surface area (Å²) in [5, 5.41) is 2.46. The molecule has 2 aliphatic heterocycles. The fourth-order valence-electron chi connectivity index (χ4n) is 3.41. The van der Waals surface area contributed by atoms with E-state index < -0.39 is 10.0 Å². The molecule has 0 radical (unpaired) electrons. The first-order chi connectivity index (χ1) is 12.5. The molecule has 3 heterocycles. The van der Waals surface area contributed by atoms with Crippen LogP contribution in [0.2, 0.25) is 5.02 Å². The fourth-order valence-corrected chi connectivity index (χ4v) is 6.26. The second kappa shape index (κ2) is 7.46. The third-order valence-corrected chi connectivity index (χ3v) is 8.20. The van der Waals surface area contributed by atoms with Gasteiger partial charge in [0.05, 0.1) is 38.3 Å². The van der Waals surface area contributed by atoms with Crippen LogP contribution in [0.3, 0.4) is 0 Å².